The number of nitrogens with zero attached hydrogens (tertiary/aromatic N) is 2. The van der Waals surface area contributed by atoms with E-state index < -0.39 is 0 Å². The van der Waals surface area contributed by atoms with E-state index in [0.29, 0.717) is 0 Å². The predicted molar refractivity (Wildman–Crippen MR) is 188 cm³/mol. The number of rotatable bonds is 4. The summed E-state index contributed by atoms with van der Waals surface area (Å²) in [4.78, 5) is 5.22. The van der Waals surface area contributed by atoms with Crippen molar-refractivity contribution in [3.05, 3.63) is 170 Å². The van der Waals surface area contributed by atoms with Gasteiger partial charge in [-0.3, -0.25) is 0 Å². The lowest BCUT2D eigenvalue weighted by atomic mass is 9.96. The van der Waals surface area contributed by atoms with Crippen LogP contribution in [-0.2, 0) is 0 Å². The molecule has 46 heavy (non-hydrogen) atoms. The molecule has 8 aromatic rings. The summed E-state index contributed by atoms with van der Waals surface area (Å²) in [6.45, 7) is 0. The van der Waals surface area contributed by atoms with E-state index in [0.717, 1.165) is 67.6 Å². The molecule has 0 N–H and O–H groups in total. The summed E-state index contributed by atoms with van der Waals surface area (Å²) in [5.41, 5.74) is 12.9. The molecule has 0 amide bonds. The average Bonchev–Trinajstić information content (AvgIpc) is 3.40. The van der Waals surface area contributed by atoms with Gasteiger partial charge in [0.1, 0.15) is 11.5 Å². The maximum Gasteiger partial charge on any atom is 0.136 e. The van der Waals surface area contributed by atoms with Crippen molar-refractivity contribution < 1.29 is 4.74 Å². The third-order valence-electron chi connectivity index (χ3n) is 8.80. The van der Waals surface area contributed by atoms with Crippen molar-refractivity contribution in [2.45, 2.75) is 0 Å². The summed E-state index contributed by atoms with van der Waals surface area (Å²) in [7, 11) is 0. The maximum absolute atomic E-state index is 6.66. The predicted octanol–water partition coefficient (Wildman–Crippen LogP) is 11.5. The number of hydrogen-bond donors (Lipinski definition) is 0. The number of aromatic nitrogens is 2. The fraction of sp³-hybridized carbons (Fsp3) is 0. The third kappa shape index (κ3) is 4.25. The number of fused-ring (bicyclic) bond motifs is 7. The van der Waals surface area contributed by atoms with Gasteiger partial charge < -0.3 is 9.30 Å². The van der Waals surface area contributed by atoms with Gasteiger partial charge in [-0.1, -0.05) is 140 Å². The zero-order valence-electron chi connectivity index (χ0n) is 25.0. The van der Waals surface area contributed by atoms with Gasteiger partial charge >= 0.3 is 0 Å². The molecular weight excluding hydrogens is 560 g/mol. The zero-order chi connectivity index (χ0) is 30.5. The normalized spacial score (nSPS) is 11.7. The lowest BCUT2D eigenvalue weighted by molar-refractivity contribution is 0.487. The Balaban J connectivity index is 1.48. The molecule has 0 spiro atoms. The molecule has 1 aliphatic rings. The summed E-state index contributed by atoms with van der Waals surface area (Å²) in [5, 5.41) is 1.17. The minimum atomic E-state index is 0.833. The summed E-state index contributed by atoms with van der Waals surface area (Å²) in [6.07, 6.45) is 0. The second kappa shape index (κ2) is 10.8. The van der Waals surface area contributed by atoms with Crippen LogP contribution in [0.2, 0.25) is 0 Å². The lowest BCUT2D eigenvalue weighted by Gasteiger charge is -2.17. The van der Waals surface area contributed by atoms with Crippen LogP contribution in [0.25, 0.3) is 72.6 Å². The monoisotopic (exact) mass is 588 g/mol. The van der Waals surface area contributed by atoms with Crippen molar-refractivity contribution >= 4 is 10.9 Å². The van der Waals surface area contributed by atoms with E-state index in [2.05, 4.69) is 150 Å². The maximum atomic E-state index is 6.66. The van der Waals surface area contributed by atoms with Crippen LogP contribution >= 0.6 is 0 Å². The smallest absolute Gasteiger partial charge is 0.136 e. The van der Waals surface area contributed by atoms with E-state index in [-0.39, 0.29) is 0 Å². The van der Waals surface area contributed by atoms with E-state index in [1.807, 2.05) is 24.3 Å². The first kappa shape index (κ1) is 26.2. The Labute approximate surface area is 267 Å². The van der Waals surface area contributed by atoms with Gasteiger partial charge in [-0.15, -0.1) is 0 Å². The first-order valence-electron chi connectivity index (χ1n) is 15.6. The average molecular weight is 589 g/mol. The second-order valence-electron chi connectivity index (χ2n) is 11.5. The molecule has 3 heteroatoms. The van der Waals surface area contributed by atoms with Gasteiger partial charge in [0.15, 0.2) is 0 Å². The highest BCUT2D eigenvalue weighted by molar-refractivity contribution is 6.12. The Morgan fingerprint density at radius 2 is 0.935 bits per heavy atom. The van der Waals surface area contributed by atoms with E-state index >= 15 is 0 Å². The van der Waals surface area contributed by atoms with Crippen LogP contribution in [0.3, 0.4) is 0 Å². The minimum Gasteiger partial charge on any atom is -0.456 e. The van der Waals surface area contributed by atoms with E-state index in [9.17, 15) is 0 Å². The Hall–Kier alpha value is -6.19. The number of benzene rings is 6. The standard InChI is InChI=1S/C43H28N2O/c1-4-15-29(16-5-1)33-23-14-24-36-41-34-21-10-12-25-39(34)46-40-26-13-11-22-35(40)43(41)45(42(33)36)32-27-37(30-17-6-2-7-18-30)44-38(28-32)31-19-8-3-9-20-31/h1-28H. The fourth-order valence-electron chi connectivity index (χ4n) is 6.76. The summed E-state index contributed by atoms with van der Waals surface area (Å²) >= 11 is 0. The summed E-state index contributed by atoms with van der Waals surface area (Å²) in [6, 6.07) is 59.5. The molecule has 0 saturated heterocycles. The molecule has 0 bridgehead atoms. The summed E-state index contributed by atoms with van der Waals surface area (Å²) < 4.78 is 9.10. The molecule has 6 aromatic carbocycles. The van der Waals surface area contributed by atoms with Crippen molar-refractivity contribution in [1.29, 1.82) is 0 Å². The van der Waals surface area contributed by atoms with Crippen molar-refractivity contribution in [1.82, 2.24) is 9.55 Å². The molecule has 3 heterocycles. The third-order valence-corrected chi connectivity index (χ3v) is 8.80. The molecule has 0 saturated carbocycles. The minimum absolute atomic E-state index is 0.833. The number of ether oxygens (including phenoxy) is 1. The highest BCUT2D eigenvalue weighted by Crippen LogP contribution is 2.53. The molecule has 2 aromatic heterocycles. The molecule has 0 fully saturated rings. The van der Waals surface area contributed by atoms with Gasteiger partial charge in [0.25, 0.3) is 0 Å². The molecule has 0 atom stereocenters. The van der Waals surface area contributed by atoms with Gasteiger partial charge in [0, 0.05) is 38.8 Å². The largest absolute Gasteiger partial charge is 0.456 e. The Morgan fingerprint density at radius 1 is 0.435 bits per heavy atom. The molecule has 3 nitrogen and oxygen atoms in total. The van der Waals surface area contributed by atoms with Crippen molar-refractivity contribution in [2.75, 3.05) is 0 Å². The van der Waals surface area contributed by atoms with Gasteiger partial charge in [0.2, 0.25) is 0 Å². The van der Waals surface area contributed by atoms with Crippen LogP contribution in [0.1, 0.15) is 0 Å². The Kier molecular flexibility index (Phi) is 6.14. The topological polar surface area (TPSA) is 27.1 Å². The fourth-order valence-corrected chi connectivity index (χ4v) is 6.76. The van der Waals surface area contributed by atoms with Crippen LogP contribution in [0.4, 0.5) is 0 Å². The van der Waals surface area contributed by atoms with Crippen molar-refractivity contribution in [3.63, 3.8) is 0 Å². The molecule has 216 valence electrons. The molecule has 1 aliphatic heterocycles. The number of pyridine rings is 1. The molecule has 0 radical (unpaired) electrons. The molecule has 9 rings (SSSR count). The molecule has 0 aliphatic carbocycles. The van der Waals surface area contributed by atoms with Crippen LogP contribution in [0.15, 0.2) is 170 Å². The van der Waals surface area contributed by atoms with E-state index in [1.165, 1.54) is 16.5 Å². The van der Waals surface area contributed by atoms with Gasteiger partial charge in [0.05, 0.1) is 28.3 Å². The van der Waals surface area contributed by atoms with Crippen LogP contribution in [0.5, 0.6) is 11.5 Å². The molecular formula is C43H28N2O. The lowest BCUT2D eigenvalue weighted by Crippen LogP contribution is -2.02. The van der Waals surface area contributed by atoms with Crippen molar-refractivity contribution in [3.8, 4) is 73.2 Å². The summed E-state index contributed by atoms with van der Waals surface area (Å²) in [5.74, 6) is 1.68. The zero-order valence-corrected chi connectivity index (χ0v) is 25.0. The first-order chi connectivity index (χ1) is 22.8. The second-order valence-corrected chi connectivity index (χ2v) is 11.5. The van der Waals surface area contributed by atoms with Crippen molar-refractivity contribution in [2.24, 2.45) is 0 Å². The van der Waals surface area contributed by atoms with E-state index in [4.69, 9.17) is 9.72 Å². The Bertz CT molecular complexity index is 2320. The first-order valence-corrected chi connectivity index (χ1v) is 15.6. The Morgan fingerprint density at radius 3 is 1.57 bits per heavy atom. The molecule has 0 unspecified atom stereocenters. The highest BCUT2D eigenvalue weighted by Gasteiger charge is 2.30. The van der Waals surface area contributed by atoms with Gasteiger partial charge in [-0.25, -0.2) is 4.98 Å². The highest BCUT2D eigenvalue weighted by atomic mass is 16.5. The van der Waals surface area contributed by atoms with Gasteiger partial charge in [-0.2, -0.15) is 0 Å². The number of para-hydroxylation sites is 3. The SMILES string of the molecule is c1ccc(-c2cc(-n3c4c(c5cccc(-c6ccccc6)c53)-c3ccccc3Oc3ccccc3-4)cc(-c3ccccc3)n2)cc1. The van der Waals surface area contributed by atoms with Crippen LogP contribution in [0, 0.1) is 0 Å². The van der Waals surface area contributed by atoms with Crippen LogP contribution in [-0.4, -0.2) is 9.55 Å². The van der Waals surface area contributed by atoms with Gasteiger partial charge in [-0.05, 0) is 35.9 Å². The number of hydrogen-bond acceptors (Lipinski definition) is 2. The van der Waals surface area contributed by atoms with Crippen LogP contribution < -0.4 is 4.74 Å². The quantitative estimate of drug-likeness (QED) is 0.204. The van der Waals surface area contributed by atoms with E-state index in [1.54, 1.807) is 0 Å².